The number of epoxide rings is 1. The van der Waals surface area contributed by atoms with Gasteiger partial charge in [0.2, 0.25) is 5.79 Å². The maximum atomic E-state index is 9.56. The monoisotopic (exact) mass is 186 g/mol. The van der Waals surface area contributed by atoms with E-state index in [0.717, 1.165) is 11.1 Å². The smallest absolute Gasteiger partial charge is 0.217 e. The average molecular weight is 186 g/mol. The van der Waals surface area contributed by atoms with Crippen LogP contribution in [-0.2, 0) is 4.74 Å². The lowest BCUT2D eigenvalue weighted by atomic mass is 9.99. The van der Waals surface area contributed by atoms with Crippen LogP contribution in [0.2, 0.25) is 0 Å². The lowest BCUT2D eigenvalue weighted by Gasteiger charge is -2.06. The molecule has 0 amide bonds. The van der Waals surface area contributed by atoms with Crippen LogP contribution in [0.25, 0.3) is 5.57 Å². The number of ether oxygens (including phenoxy) is 1. The molecule has 1 heterocycles. The Bertz CT molecular complexity index is 419. The van der Waals surface area contributed by atoms with Gasteiger partial charge in [-0.3, -0.25) is 0 Å². The number of hydrogen-bond donors (Lipinski definition) is 1. The van der Waals surface area contributed by atoms with Crippen LogP contribution in [-0.4, -0.2) is 17.0 Å². The lowest BCUT2D eigenvalue weighted by Crippen LogP contribution is -2.11. The lowest BCUT2D eigenvalue weighted by molar-refractivity contribution is 0.0826. The third-order valence-corrected chi connectivity index (χ3v) is 2.61. The van der Waals surface area contributed by atoms with Gasteiger partial charge in [-0.2, -0.15) is 0 Å². The summed E-state index contributed by atoms with van der Waals surface area (Å²) in [7, 11) is 0. The van der Waals surface area contributed by atoms with Crippen molar-refractivity contribution in [1.82, 2.24) is 0 Å². The van der Waals surface area contributed by atoms with Gasteiger partial charge in [-0.25, -0.2) is 0 Å². The van der Waals surface area contributed by atoms with Crippen molar-refractivity contribution in [2.75, 3.05) is 0 Å². The second-order valence-corrected chi connectivity index (χ2v) is 3.61. The Hall–Kier alpha value is -1.38. The van der Waals surface area contributed by atoms with Crippen molar-refractivity contribution in [2.45, 2.75) is 11.9 Å². The maximum absolute atomic E-state index is 9.56. The number of allylic oxidation sites excluding steroid dienone is 2. The summed E-state index contributed by atoms with van der Waals surface area (Å²) in [6.45, 7) is 0. The fourth-order valence-electron chi connectivity index (χ4n) is 1.71. The number of hydrogen-bond acceptors (Lipinski definition) is 2. The molecule has 2 heteroatoms. The van der Waals surface area contributed by atoms with Gasteiger partial charge in [-0.15, -0.1) is 0 Å². The second kappa shape index (κ2) is 2.56. The van der Waals surface area contributed by atoms with Crippen molar-refractivity contribution < 1.29 is 9.84 Å². The minimum absolute atomic E-state index is 0.150. The van der Waals surface area contributed by atoms with Gasteiger partial charge in [-0.1, -0.05) is 36.4 Å². The van der Waals surface area contributed by atoms with Crippen molar-refractivity contribution in [3.05, 3.63) is 54.1 Å². The van der Waals surface area contributed by atoms with Crippen LogP contribution >= 0.6 is 0 Å². The average Bonchev–Trinajstić information content (AvgIpc) is 2.90. The first-order valence-electron chi connectivity index (χ1n) is 4.65. The van der Waals surface area contributed by atoms with Crippen molar-refractivity contribution in [3.8, 4) is 0 Å². The molecule has 0 saturated carbocycles. The Morgan fingerprint density at radius 2 is 2.00 bits per heavy atom. The molecule has 1 N–H and O–H groups in total. The Balaban J connectivity index is 1.96. The van der Waals surface area contributed by atoms with Crippen LogP contribution in [0.15, 0.2) is 48.6 Å². The molecule has 0 aromatic heterocycles. The van der Waals surface area contributed by atoms with Crippen LogP contribution in [0.3, 0.4) is 0 Å². The van der Waals surface area contributed by atoms with E-state index in [1.807, 2.05) is 42.5 Å². The predicted octanol–water partition coefficient (Wildman–Crippen LogP) is 1.73. The summed E-state index contributed by atoms with van der Waals surface area (Å²) in [5, 5.41) is 9.56. The fraction of sp³-hybridized carbons (Fsp3) is 0.167. The topological polar surface area (TPSA) is 32.8 Å². The molecule has 2 atom stereocenters. The highest BCUT2D eigenvalue weighted by Gasteiger charge is 2.53. The molecule has 0 bridgehead atoms. The molecule has 2 unspecified atom stereocenters. The summed E-state index contributed by atoms with van der Waals surface area (Å²) in [6, 6.07) is 10.1. The maximum Gasteiger partial charge on any atom is 0.217 e. The quantitative estimate of drug-likeness (QED) is 0.677. The van der Waals surface area contributed by atoms with Gasteiger partial charge in [0.25, 0.3) is 0 Å². The molecule has 70 valence electrons. The van der Waals surface area contributed by atoms with Gasteiger partial charge in [0.1, 0.15) is 6.10 Å². The largest absolute Gasteiger partial charge is 0.360 e. The Labute approximate surface area is 82.1 Å². The molecule has 3 rings (SSSR count). The van der Waals surface area contributed by atoms with Gasteiger partial charge in [-0.05, 0) is 23.3 Å². The van der Waals surface area contributed by atoms with Gasteiger partial charge in [0.05, 0.1) is 0 Å². The van der Waals surface area contributed by atoms with Crippen molar-refractivity contribution in [2.24, 2.45) is 0 Å². The highest BCUT2D eigenvalue weighted by Crippen LogP contribution is 2.41. The summed E-state index contributed by atoms with van der Waals surface area (Å²) in [4.78, 5) is 0. The molecular formula is C12H10O2. The van der Waals surface area contributed by atoms with Gasteiger partial charge >= 0.3 is 0 Å². The van der Waals surface area contributed by atoms with Gasteiger partial charge < -0.3 is 9.84 Å². The summed E-state index contributed by atoms with van der Waals surface area (Å²) < 4.78 is 5.11. The first-order chi connectivity index (χ1) is 6.78. The highest BCUT2D eigenvalue weighted by molar-refractivity contribution is 5.76. The van der Waals surface area contributed by atoms with Crippen molar-refractivity contribution >= 4 is 5.57 Å². The molecule has 0 spiro atoms. The van der Waals surface area contributed by atoms with E-state index in [0.29, 0.717) is 0 Å². The Morgan fingerprint density at radius 1 is 1.21 bits per heavy atom. The highest BCUT2D eigenvalue weighted by atomic mass is 16.7. The van der Waals surface area contributed by atoms with E-state index in [-0.39, 0.29) is 6.10 Å². The molecule has 1 aliphatic heterocycles. The Morgan fingerprint density at radius 3 is 2.71 bits per heavy atom. The van der Waals surface area contributed by atoms with E-state index in [4.69, 9.17) is 4.74 Å². The third kappa shape index (κ3) is 1.12. The first kappa shape index (κ1) is 7.97. The van der Waals surface area contributed by atoms with E-state index in [2.05, 4.69) is 0 Å². The molecule has 1 aromatic rings. The minimum Gasteiger partial charge on any atom is -0.360 e. The fourth-order valence-corrected chi connectivity index (χ4v) is 1.71. The zero-order valence-electron chi connectivity index (χ0n) is 7.55. The number of rotatable bonds is 1. The summed E-state index contributed by atoms with van der Waals surface area (Å²) in [6.07, 6.45) is 5.41. The van der Waals surface area contributed by atoms with Crippen molar-refractivity contribution in [3.63, 3.8) is 0 Å². The van der Waals surface area contributed by atoms with Crippen LogP contribution < -0.4 is 0 Å². The Kier molecular flexibility index (Phi) is 1.46. The number of fused-ring (bicyclic) bond motifs is 1. The molecule has 14 heavy (non-hydrogen) atoms. The first-order valence-corrected chi connectivity index (χ1v) is 4.65. The minimum atomic E-state index is -1.00. The second-order valence-electron chi connectivity index (χ2n) is 3.61. The van der Waals surface area contributed by atoms with Crippen LogP contribution in [0.5, 0.6) is 0 Å². The van der Waals surface area contributed by atoms with E-state index >= 15 is 0 Å². The summed E-state index contributed by atoms with van der Waals surface area (Å²) >= 11 is 0. The van der Waals surface area contributed by atoms with Gasteiger partial charge in [0, 0.05) is 0 Å². The standard InChI is InChI=1S/C12H10O2/c13-12-7-6-10(8-11(12)14-12)9-4-2-1-3-5-9/h1-8,11,13H. The normalized spacial score (nSPS) is 33.5. The molecule has 1 fully saturated rings. The van der Waals surface area contributed by atoms with Gasteiger partial charge in [0.15, 0.2) is 0 Å². The van der Waals surface area contributed by atoms with E-state index in [1.54, 1.807) is 6.08 Å². The van der Waals surface area contributed by atoms with E-state index < -0.39 is 5.79 Å². The van der Waals surface area contributed by atoms with E-state index in [1.165, 1.54) is 0 Å². The van der Waals surface area contributed by atoms with Crippen LogP contribution in [0.1, 0.15) is 5.56 Å². The molecule has 2 aliphatic rings. The summed E-state index contributed by atoms with van der Waals surface area (Å²) in [5.74, 6) is -1.00. The van der Waals surface area contributed by atoms with Crippen LogP contribution in [0.4, 0.5) is 0 Å². The molecular weight excluding hydrogens is 176 g/mol. The molecule has 1 aromatic carbocycles. The zero-order valence-corrected chi connectivity index (χ0v) is 7.55. The number of benzene rings is 1. The SMILES string of the molecule is OC12C=CC(c3ccccc3)=CC1O2. The van der Waals surface area contributed by atoms with Crippen LogP contribution in [0, 0.1) is 0 Å². The number of aliphatic hydroxyl groups is 1. The molecule has 2 nitrogen and oxygen atoms in total. The van der Waals surface area contributed by atoms with E-state index in [9.17, 15) is 5.11 Å². The summed E-state index contributed by atoms with van der Waals surface area (Å²) in [5.41, 5.74) is 2.26. The molecule has 0 radical (unpaired) electrons. The van der Waals surface area contributed by atoms with Crippen molar-refractivity contribution in [1.29, 1.82) is 0 Å². The zero-order chi connectivity index (χ0) is 9.60. The third-order valence-electron chi connectivity index (χ3n) is 2.61. The molecule has 1 aliphatic carbocycles. The predicted molar refractivity (Wildman–Crippen MR) is 53.4 cm³/mol. The molecule has 1 saturated heterocycles.